The van der Waals surface area contributed by atoms with Crippen molar-refractivity contribution in [1.29, 1.82) is 0 Å². The Kier molecular flexibility index (Phi) is 3.77. The zero-order valence-electron chi connectivity index (χ0n) is 8.34. The second-order valence-corrected chi connectivity index (χ2v) is 3.14. The molecule has 0 aliphatic rings. The van der Waals surface area contributed by atoms with E-state index in [9.17, 15) is 0 Å². The fraction of sp³-hybridized carbons (Fsp3) is 0.455. The smallest absolute Gasteiger partial charge is 0.122 e. The zero-order chi connectivity index (χ0) is 9.68. The Morgan fingerprint density at radius 3 is 2.77 bits per heavy atom. The number of benzene rings is 1. The number of aryl methyl sites for hydroxylation is 1. The molecule has 0 aliphatic heterocycles. The highest BCUT2D eigenvalue weighted by atomic mass is 16.5. The quantitative estimate of drug-likeness (QED) is 0.766. The van der Waals surface area contributed by atoms with Crippen LogP contribution in [-0.4, -0.2) is 13.7 Å². The number of rotatable bonds is 4. The van der Waals surface area contributed by atoms with Gasteiger partial charge in [0.25, 0.3) is 0 Å². The third-order valence-electron chi connectivity index (χ3n) is 2.27. The average Bonchev–Trinajstić information content (AvgIpc) is 2.16. The Morgan fingerprint density at radius 1 is 1.38 bits per heavy atom. The molecule has 0 heterocycles. The highest BCUT2D eigenvalue weighted by molar-refractivity contribution is 5.39. The molecule has 0 fully saturated rings. The molecule has 0 aliphatic carbocycles. The second kappa shape index (κ2) is 4.87. The number of hydrogen-bond donors (Lipinski definition) is 1. The molecule has 0 amide bonds. The number of methoxy groups -OCH3 is 1. The molecule has 2 nitrogen and oxygen atoms in total. The van der Waals surface area contributed by atoms with Crippen molar-refractivity contribution in [2.24, 2.45) is 5.73 Å². The van der Waals surface area contributed by atoms with Gasteiger partial charge in [-0.3, -0.25) is 0 Å². The van der Waals surface area contributed by atoms with Gasteiger partial charge in [-0.05, 0) is 43.5 Å². The molecule has 0 saturated carbocycles. The van der Waals surface area contributed by atoms with Crippen LogP contribution in [0.3, 0.4) is 0 Å². The summed E-state index contributed by atoms with van der Waals surface area (Å²) in [6, 6.07) is 6.15. The third-order valence-corrected chi connectivity index (χ3v) is 2.27. The number of ether oxygens (including phenoxy) is 1. The molecule has 1 aromatic rings. The van der Waals surface area contributed by atoms with Crippen molar-refractivity contribution in [2.75, 3.05) is 13.7 Å². The molecule has 0 aromatic heterocycles. The van der Waals surface area contributed by atoms with Crippen LogP contribution in [0.2, 0.25) is 0 Å². The van der Waals surface area contributed by atoms with Gasteiger partial charge in [0, 0.05) is 0 Å². The molecule has 0 radical (unpaired) electrons. The van der Waals surface area contributed by atoms with E-state index in [-0.39, 0.29) is 0 Å². The molecule has 0 bridgehead atoms. The summed E-state index contributed by atoms with van der Waals surface area (Å²) < 4.78 is 5.23. The standard InChI is InChI=1S/C11H17NO/c1-9-10(6-4-8-12)5-3-7-11(9)13-2/h3,5,7H,4,6,8,12H2,1-2H3. The lowest BCUT2D eigenvalue weighted by atomic mass is 10.0. The predicted molar refractivity (Wildman–Crippen MR) is 55.1 cm³/mol. The van der Waals surface area contributed by atoms with Crippen molar-refractivity contribution in [1.82, 2.24) is 0 Å². The normalized spacial score (nSPS) is 10.1. The van der Waals surface area contributed by atoms with E-state index in [4.69, 9.17) is 10.5 Å². The van der Waals surface area contributed by atoms with E-state index in [0.717, 1.165) is 25.1 Å². The first-order valence-electron chi connectivity index (χ1n) is 4.62. The predicted octanol–water partition coefficient (Wildman–Crippen LogP) is 1.89. The Morgan fingerprint density at radius 2 is 2.15 bits per heavy atom. The summed E-state index contributed by atoms with van der Waals surface area (Å²) in [5.41, 5.74) is 8.04. The number of nitrogens with two attached hydrogens (primary N) is 1. The monoisotopic (exact) mass is 179 g/mol. The maximum Gasteiger partial charge on any atom is 0.122 e. The van der Waals surface area contributed by atoms with Crippen molar-refractivity contribution in [3.63, 3.8) is 0 Å². The molecule has 2 N–H and O–H groups in total. The first kappa shape index (κ1) is 10.1. The van der Waals surface area contributed by atoms with E-state index in [1.54, 1.807) is 7.11 Å². The van der Waals surface area contributed by atoms with Gasteiger partial charge in [0.05, 0.1) is 7.11 Å². The largest absolute Gasteiger partial charge is 0.496 e. The highest BCUT2D eigenvalue weighted by Gasteiger charge is 2.02. The van der Waals surface area contributed by atoms with Gasteiger partial charge >= 0.3 is 0 Å². The summed E-state index contributed by atoms with van der Waals surface area (Å²) in [6.07, 6.45) is 2.08. The first-order valence-corrected chi connectivity index (χ1v) is 4.62. The van der Waals surface area contributed by atoms with Crippen LogP contribution in [-0.2, 0) is 6.42 Å². The van der Waals surface area contributed by atoms with Gasteiger partial charge in [-0.15, -0.1) is 0 Å². The molecule has 2 heteroatoms. The minimum atomic E-state index is 0.747. The molecule has 0 atom stereocenters. The lowest BCUT2D eigenvalue weighted by Gasteiger charge is -2.09. The summed E-state index contributed by atoms with van der Waals surface area (Å²) >= 11 is 0. The van der Waals surface area contributed by atoms with Gasteiger partial charge in [-0.1, -0.05) is 12.1 Å². The fourth-order valence-electron chi connectivity index (χ4n) is 1.44. The van der Waals surface area contributed by atoms with E-state index in [2.05, 4.69) is 13.0 Å². The molecule has 1 aromatic carbocycles. The first-order chi connectivity index (χ1) is 6.29. The average molecular weight is 179 g/mol. The van der Waals surface area contributed by atoms with Crippen LogP contribution in [0.4, 0.5) is 0 Å². The molecular weight excluding hydrogens is 162 g/mol. The summed E-state index contributed by atoms with van der Waals surface area (Å²) in [6.45, 7) is 2.83. The van der Waals surface area contributed by atoms with E-state index < -0.39 is 0 Å². The Balaban J connectivity index is 2.81. The van der Waals surface area contributed by atoms with Gasteiger partial charge in [0.2, 0.25) is 0 Å². The van der Waals surface area contributed by atoms with Crippen LogP contribution in [0, 0.1) is 6.92 Å². The van der Waals surface area contributed by atoms with E-state index >= 15 is 0 Å². The van der Waals surface area contributed by atoms with Crippen molar-refractivity contribution in [2.45, 2.75) is 19.8 Å². The SMILES string of the molecule is COc1cccc(CCCN)c1C. The van der Waals surface area contributed by atoms with Gasteiger partial charge in [-0.25, -0.2) is 0 Å². The Hall–Kier alpha value is -1.02. The van der Waals surface area contributed by atoms with Gasteiger partial charge in [0.15, 0.2) is 0 Å². The van der Waals surface area contributed by atoms with Gasteiger partial charge in [-0.2, -0.15) is 0 Å². The van der Waals surface area contributed by atoms with Crippen LogP contribution >= 0.6 is 0 Å². The van der Waals surface area contributed by atoms with Crippen LogP contribution in [0.15, 0.2) is 18.2 Å². The van der Waals surface area contributed by atoms with E-state index in [1.165, 1.54) is 11.1 Å². The summed E-state index contributed by atoms with van der Waals surface area (Å²) in [7, 11) is 1.70. The molecule has 0 unspecified atom stereocenters. The molecule has 1 rings (SSSR count). The molecule has 0 saturated heterocycles. The molecular formula is C11H17NO. The minimum absolute atomic E-state index is 0.747. The highest BCUT2D eigenvalue weighted by Crippen LogP contribution is 2.21. The van der Waals surface area contributed by atoms with Crippen LogP contribution in [0.1, 0.15) is 17.5 Å². The molecule has 72 valence electrons. The summed E-state index contributed by atoms with van der Waals surface area (Å²) in [5, 5.41) is 0. The zero-order valence-corrected chi connectivity index (χ0v) is 8.34. The maximum atomic E-state index is 5.47. The molecule has 0 spiro atoms. The minimum Gasteiger partial charge on any atom is -0.496 e. The van der Waals surface area contributed by atoms with Crippen LogP contribution in [0.25, 0.3) is 0 Å². The van der Waals surface area contributed by atoms with Crippen LogP contribution in [0.5, 0.6) is 5.75 Å². The van der Waals surface area contributed by atoms with Crippen molar-refractivity contribution in [3.8, 4) is 5.75 Å². The van der Waals surface area contributed by atoms with Gasteiger partial charge in [0.1, 0.15) is 5.75 Å². The Bertz CT molecular complexity index is 271. The fourth-order valence-corrected chi connectivity index (χ4v) is 1.44. The second-order valence-electron chi connectivity index (χ2n) is 3.14. The lowest BCUT2D eigenvalue weighted by molar-refractivity contribution is 0.411. The van der Waals surface area contributed by atoms with Crippen molar-refractivity contribution in [3.05, 3.63) is 29.3 Å². The maximum absolute atomic E-state index is 5.47. The van der Waals surface area contributed by atoms with Crippen LogP contribution < -0.4 is 10.5 Å². The van der Waals surface area contributed by atoms with Crippen molar-refractivity contribution < 1.29 is 4.74 Å². The summed E-state index contributed by atoms with van der Waals surface area (Å²) in [4.78, 5) is 0. The summed E-state index contributed by atoms with van der Waals surface area (Å²) in [5.74, 6) is 0.967. The topological polar surface area (TPSA) is 35.2 Å². The third kappa shape index (κ3) is 2.46. The van der Waals surface area contributed by atoms with E-state index in [0.29, 0.717) is 0 Å². The van der Waals surface area contributed by atoms with Crippen molar-refractivity contribution >= 4 is 0 Å². The number of hydrogen-bond acceptors (Lipinski definition) is 2. The Labute approximate surface area is 79.7 Å². The van der Waals surface area contributed by atoms with Gasteiger partial charge < -0.3 is 10.5 Å². The molecule has 13 heavy (non-hydrogen) atoms. The van der Waals surface area contributed by atoms with E-state index in [1.807, 2.05) is 12.1 Å². The lowest BCUT2D eigenvalue weighted by Crippen LogP contribution is -2.01.